The zero-order valence-corrected chi connectivity index (χ0v) is 17.5. The summed E-state index contributed by atoms with van der Waals surface area (Å²) in [6, 6.07) is 12.8. The van der Waals surface area contributed by atoms with Crippen LogP contribution in [-0.4, -0.2) is 37.7 Å². The lowest BCUT2D eigenvalue weighted by Crippen LogP contribution is -2.47. The van der Waals surface area contributed by atoms with Gasteiger partial charge in [0.25, 0.3) is 5.91 Å². The van der Waals surface area contributed by atoms with Gasteiger partial charge < -0.3 is 25.4 Å². The molecule has 3 N–H and O–H groups in total. The number of esters is 1. The first-order valence-corrected chi connectivity index (χ1v) is 9.54. The zero-order valence-electron chi connectivity index (χ0n) is 17.5. The molecular formula is C22H27N3O5. The van der Waals surface area contributed by atoms with Gasteiger partial charge in [-0.2, -0.15) is 0 Å². The third-order valence-electron chi connectivity index (χ3n) is 4.21. The molecule has 0 heterocycles. The number of urea groups is 1. The van der Waals surface area contributed by atoms with E-state index in [9.17, 15) is 14.4 Å². The predicted octanol–water partition coefficient (Wildman–Crippen LogP) is 3.33. The van der Waals surface area contributed by atoms with E-state index in [0.29, 0.717) is 17.1 Å². The highest BCUT2D eigenvalue weighted by molar-refractivity contribution is 5.95. The molecule has 30 heavy (non-hydrogen) atoms. The lowest BCUT2D eigenvalue weighted by molar-refractivity contribution is -0.150. The van der Waals surface area contributed by atoms with E-state index in [1.165, 1.54) is 7.11 Å². The molecule has 2 aromatic rings. The summed E-state index contributed by atoms with van der Waals surface area (Å²) in [5, 5.41) is 7.89. The molecule has 0 bridgehead atoms. The van der Waals surface area contributed by atoms with Gasteiger partial charge >= 0.3 is 12.0 Å². The van der Waals surface area contributed by atoms with Crippen LogP contribution in [0.15, 0.2) is 48.5 Å². The molecule has 0 aliphatic carbocycles. The van der Waals surface area contributed by atoms with Gasteiger partial charge in [0, 0.05) is 5.69 Å². The molecule has 0 aliphatic heterocycles. The van der Waals surface area contributed by atoms with Crippen molar-refractivity contribution in [1.82, 2.24) is 5.32 Å². The summed E-state index contributed by atoms with van der Waals surface area (Å²) in [6.45, 7) is 4.94. The van der Waals surface area contributed by atoms with Gasteiger partial charge in [0.2, 0.25) is 0 Å². The Balaban J connectivity index is 1.91. The maximum absolute atomic E-state index is 12.4. The van der Waals surface area contributed by atoms with Crippen molar-refractivity contribution in [2.45, 2.75) is 26.8 Å². The van der Waals surface area contributed by atoms with Gasteiger partial charge in [-0.05, 0) is 42.7 Å². The number of para-hydroxylation sites is 1. The normalized spacial score (nSPS) is 11.4. The average molecular weight is 413 g/mol. The van der Waals surface area contributed by atoms with Crippen molar-refractivity contribution in [3.8, 4) is 5.75 Å². The molecule has 0 radical (unpaired) electrons. The Labute approximate surface area is 175 Å². The molecule has 0 saturated carbocycles. The molecule has 160 valence electrons. The van der Waals surface area contributed by atoms with E-state index >= 15 is 0 Å². The number of amides is 3. The zero-order chi connectivity index (χ0) is 22.1. The SMILES string of the molecule is COc1ccc(C)cc1NC(=O)COC(=O)[C@H](NC(=O)Nc1ccccc1)C(C)C. The van der Waals surface area contributed by atoms with Crippen LogP contribution in [0.5, 0.6) is 5.75 Å². The van der Waals surface area contributed by atoms with E-state index in [-0.39, 0.29) is 5.92 Å². The van der Waals surface area contributed by atoms with Gasteiger partial charge in [-0.15, -0.1) is 0 Å². The van der Waals surface area contributed by atoms with E-state index < -0.39 is 30.6 Å². The maximum Gasteiger partial charge on any atom is 0.329 e. The molecule has 0 aliphatic rings. The van der Waals surface area contributed by atoms with Crippen LogP contribution in [0, 0.1) is 12.8 Å². The molecule has 8 heteroatoms. The van der Waals surface area contributed by atoms with Gasteiger partial charge in [0.05, 0.1) is 12.8 Å². The molecule has 0 fully saturated rings. The van der Waals surface area contributed by atoms with E-state index in [1.54, 1.807) is 50.2 Å². The standard InChI is InChI=1S/C22H27N3O5/c1-14(2)20(25-22(28)23-16-8-6-5-7-9-16)21(27)30-13-19(26)24-17-12-15(3)10-11-18(17)29-4/h5-12,14,20H,13H2,1-4H3,(H,24,26)(H2,23,25,28)/t20-/m1/s1. The highest BCUT2D eigenvalue weighted by Gasteiger charge is 2.26. The van der Waals surface area contributed by atoms with Crippen molar-refractivity contribution in [1.29, 1.82) is 0 Å². The quantitative estimate of drug-likeness (QED) is 0.576. The molecule has 8 nitrogen and oxygen atoms in total. The van der Waals surface area contributed by atoms with Gasteiger partial charge in [-0.25, -0.2) is 9.59 Å². The Morgan fingerprint density at radius 3 is 2.33 bits per heavy atom. The van der Waals surface area contributed by atoms with Crippen LogP contribution in [0.3, 0.4) is 0 Å². The first kappa shape index (κ1) is 22.7. The average Bonchev–Trinajstić information content (AvgIpc) is 2.71. The lowest BCUT2D eigenvalue weighted by atomic mass is 10.1. The fourth-order valence-electron chi connectivity index (χ4n) is 2.66. The molecular weight excluding hydrogens is 386 g/mol. The molecule has 1 atom stereocenters. The van der Waals surface area contributed by atoms with Crippen molar-refractivity contribution in [2.24, 2.45) is 5.92 Å². The minimum Gasteiger partial charge on any atom is -0.495 e. The first-order valence-electron chi connectivity index (χ1n) is 9.54. The molecule has 0 saturated heterocycles. The summed E-state index contributed by atoms with van der Waals surface area (Å²) < 4.78 is 10.3. The molecule has 0 spiro atoms. The number of hydrogen-bond donors (Lipinski definition) is 3. The summed E-state index contributed by atoms with van der Waals surface area (Å²) in [5.74, 6) is -0.943. The van der Waals surface area contributed by atoms with Crippen molar-refractivity contribution < 1.29 is 23.9 Å². The van der Waals surface area contributed by atoms with Crippen LogP contribution in [0.1, 0.15) is 19.4 Å². The highest BCUT2D eigenvalue weighted by atomic mass is 16.5. The van der Waals surface area contributed by atoms with Crippen molar-refractivity contribution in [2.75, 3.05) is 24.4 Å². The third kappa shape index (κ3) is 6.80. The third-order valence-corrected chi connectivity index (χ3v) is 4.21. The number of ether oxygens (including phenoxy) is 2. The molecule has 2 aromatic carbocycles. The summed E-state index contributed by atoms with van der Waals surface area (Å²) in [6.07, 6.45) is 0. The van der Waals surface area contributed by atoms with Crippen molar-refractivity contribution >= 4 is 29.3 Å². The van der Waals surface area contributed by atoms with Crippen LogP contribution >= 0.6 is 0 Å². The number of anilines is 2. The monoisotopic (exact) mass is 413 g/mol. The summed E-state index contributed by atoms with van der Waals surface area (Å²) in [4.78, 5) is 36.8. The second-order valence-electron chi connectivity index (χ2n) is 7.05. The fourth-order valence-corrected chi connectivity index (χ4v) is 2.66. The maximum atomic E-state index is 12.4. The minimum atomic E-state index is -0.907. The number of rotatable bonds is 8. The molecule has 0 aromatic heterocycles. The molecule has 2 rings (SSSR count). The van der Waals surface area contributed by atoms with Crippen LogP contribution < -0.4 is 20.7 Å². The Hall–Kier alpha value is -3.55. The van der Waals surface area contributed by atoms with Gasteiger partial charge in [0.1, 0.15) is 11.8 Å². The Morgan fingerprint density at radius 2 is 1.70 bits per heavy atom. The van der Waals surface area contributed by atoms with Gasteiger partial charge in [-0.3, -0.25) is 4.79 Å². The lowest BCUT2D eigenvalue weighted by Gasteiger charge is -2.21. The number of carbonyl (C=O) groups excluding carboxylic acids is 3. The Bertz CT molecular complexity index is 884. The van der Waals surface area contributed by atoms with E-state index in [0.717, 1.165) is 5.56 Å². The van der Waals surface area contributed by atoms with Crippen LogP contribution in [0.2, 0.25) is 0 Å². The Morgan fingerprint density at radius 1 is 1.00 bits per heavy atom. The number of carbonyl (C=O) groups is 3. The highest BCUT2D eigenvalue weighted by Crippen LogP contribution is 2.25. The number of hydrogen-bond acceptors (Lipinski definition) is 5. The topological polar surface area (TPSA) is 106 Å². The van der Waals surface area contributed by atoms with Crippen molar-refractivity contribution in [3.63, 3.8) is 0 Å². The first-order chi connectivity index (χ1) is 14.3. The number of benzene rings is 2. The second-order valence-corrected chi connectivity index (χ2v) is 7.05. The van der Waals surface area contributed by atoms with Gasteiger partial charge in [-0.1, -0.05) is 38.1 Å². The number of aryl methyl sites for hydroxylation is 1. The summed E-state index contributed by atoms with van der Waals surface area (Å²) in [7, 11) is 1.50. The predicted molar refractivity (Wildman–Crippen MR) is 115 cm³/mol. The van der Waals surface area contributed by atoms with Crippen LogP contribution in [-0.2, 0) is 14.3 Å². The van der Waals surface area contributed by atoms with Gasteiger partial charge in [0.15, 0.2) is 6.61 Å². The van der Waals surface area contributed by atoms with E-state index in [1.807, 2.05) is 19.1 Å². The van der Waals surface area contributed by atoms with Crippen molar-refractivity contribution in [3.05, 3.63) is 54.1 Å². The minimum absolute atomic E-state index is 0.237. The number of nitrogens with one attached hydrogen (secondary N) is 3. The van der Waals surface area contributed by atoms with E-state index in [4.69, 9.17) is 9.47 Å². The number of methoxy groups -OCH3 is 1. The second kappa shape index (κ2) is 10.8. The van der Waals surface area contributed by atoms with Crippen LogP contribution in [0.4, 0.5) is 16.2 Å². The fraction of sp³-hybridized carbons (Fsp3) is 0.318. The summed E-state index contributed by atoms with van der Waals surface area (Å²) in [5.41, 5.74) is 2.02. The van der Waals surface area contributed by atoms with Crippen LogP contribution in [0.25, 0.3) is 0 Å². The largest absolute Gasteiger partial charge is 0.495 e. The van der Waals surface area contributed by atoms with E-state index in [2.05, 4.69) is 16.0 Å². The molecule has 0 unspecified atom stereocenters. The molecule has 3 amide bonds. The smallest absolute Gasteiger partial charge is 0.329 e. The Kier molecular flexibility index (Phi) is 8.22. The summed E-state index contributed by atoms with van der Waals surface area (Å²) >= 11 is 0.